The van der Waals surface area contributed by atoms with E-state index in [0.29, 0.717) is 13.0 Å². The first kappa shape index (κ1) is 38.2. The second-order valence-corrected chi connectivity index (χ2v) is 14.2. The Morgan fingerprint density at radius 1 is 0.583 bits per heavy atom. The number of hydrogen-bond donors (Lipinski definition) is 0. The molecule has 0 aliphatic heterocycles. The standard InChI is InChI=1S/C42H64O6/c1-3-5-9-13-34-15-23-38(24-16-34)44-31-11-7-8-12-32-45-39-25-17-35(18-26-39)33-46-48-41-29-21-37(22-30-41)36-19-27-40(28-20-36)47-42(43)14-10-6-4-2/h15-18,23-26,36-37,40-41H,3-14,19-22,27-33H2,1-2H3. The number of esters is 1. The van der Waals surface area contributed by atoms with Gasteiger partial charge in [-0.25, -0.2) is 9.78 Å². The van der Waals surface area contributed by atoms with Crippen molar-refractivity contribution in [2.75, 3.05) is 13.2 Å². The zero-order valence-corrected chi connectivity index (χ0v) is 30.1. The minimum Gasteiger partial charge on any atom is -0.494 e. The molecule has 268 valence electrons. The average Bonchev–Trinajstić information content (AvgIpc) is 3.11. The molecular formula is C42H64O6. The molecule has 0 aromatic heterocycles. The Labute approximate surface area is 291 Å². The molecule has 0 unspecified atom stereocenters. The van der Waals surface area contributed by atoms with Gasteiger partial charge in [0.2, 0.25) is 0 Å². The molecule has 0 atom stereocenters. The molecule has 2 aliphatic carbocycles. The molecule has 0 radical (unpaired) electrons. The highest BCUT2D eigenvalue weighted by molar-refractivity contribution is 5.69. The van der Waals surface area contributed by atoms with E-state index in [2.05, 4.69) is 50.2 Å². The lowest BCUT2D eigenvalue weighted by atomic mass is 9.72. The van der Waals surface area contributed by atoms with Crippen LogP contribution in [0.2, 0.25) is 0 Å². The fourth-order valence-electron chi connectivity index (χ4n) is 7.25. The number of ether oxygens (including phenoxy) is 3. The lowest BCUT2D eigenvalue weighted by Crippen LogP contribution is -2.31. The van der Waals surface area contributed by atoms with Gasteiger partial charge in [0.15, 0.2) is 0 Å². The molecule has 6 nitrogen and oxygen atoms in total. The van der Waals surface area contributed by atoms with Crippen LogP contribution in [0.3, 0.4) is 0 Å². The van der Waals surface area contributed by atoms with Crippen molar-refractivity contribution in [2.45, 2.75) is 161 Å². The lowest BCUT2D eigenvalue weighted by Gasteiger charge is -2.37. The third-order valence-corrected chi connectivity index (χ3v) is 10.3. The van der Waals surface area contributed by atoms with Crippen molar-refractivity contribution in [2.24, 2.45) is 11.8 Å². The minimum atomic E-state index is 0.00270. The first-order chi connectivity index (χ1) is 23.6. The van der Waals surface area contributed by atoms with Gasteiger partial charge in [-0.05, 0) is 144 Å². The topological polar surface area (TPSA) is 63.2 Å². The van der Waals surface area contributed by atoms with Crippen LogP contribution in [0.4, 0.5) is 0 Å². The molecule has 0 saturated heterocycles. The molecule has 2 aliphatic rings. The van der Waals surface area contributed by atoms with Crippen LogP contribution in [0, 0.1) is 11.8 Å². The van der Waals surface area contributed by atoms with Crippen LogP contribution in [-0.4, -0.2) is 31.4 Å². The van der Waals surface area contributed by atoms with Gasteiger partial charge < -0.3 is 14.2 Å². The molecule has 2 aromatic carbocycles. The second kappa shape index (κ2) is 22.9. The van der Waals surface area contributed by atoms with Gasteiger partial charge in [0, 0.05) is 6.42 Å². The van der Waals surface area contributed by atoms with Gasteiger partial charge in [0.05, 0.1) is 19.3 Å². The summed E-state index contributed by atoms with van der Waals surface area (Å²) in [4.78, 5) is 23.6. The first-order valence-electron chi connectivity index (χ1n) is 19.5. The van der Waals surface area contributed by atoms with Gasteiger partial charge in [-0.1, -0.05) is 63.8 Å². The summed E-state index contributed by atoms with van der Waals surface area (Å²) in [7, 11) is 0. The molecular weight excluding hydrogens is 600 g/mol. The van der Waals surface area contributed by atoms with E-state index in [9.17, 15) is 4.79 Å². The van der Waals surface area contributed by atoms with Crippen LogP contribution in [0.1, 0.15) is 147 Å². The Morgan fingerprint density at radius 3 is 1.67 bits per heavy atom. The molecule has 48 heavy (non-hydrogen) atoms. The van der Waals surface area contributed by atoms with Gasteiger partial charge in [0.25, 0.3) is 0 Å². The Balaban J connectivity index is 0.969. The minimum absolute atomic E-state index is 0.00270. The van der Waals surface area contributed by atoms with E-state index in [4.69, 9.17) is 24.0 Å². The maximum absolute atomic E-state index is 12.1. The fraction of sp³-hybridized carbons (Fsp3) is 0.690. The molecule has 2 aromatic rings. The number of hydrogen-bond acceptors (Lipinski definition) is 6. The highest BCUT2D eigenvalue weighted by Gasteiger charge is 2.32. The normalized spacial score (nSPS) is 21.1. The number of carbonyl (C=O) groups is 1. The van der Waals surface area contributed by atoms with Crippen LogP contribution >= 0.6 is 0 Å². The van der Waals surface area contributed by atoms with Crippen LogP contribution < -0.4 is 9.47 Å². The maximum Gasteiger partial charge on any atom is 0.306 e. The number of aryl methyl sites for hydroxylation is 1. The molecule has 2 saturated carbocycles. The number of carbonyl (C=O) groups excluding carboxylic acids is 1. The van der Waals surface area contributed by atoms with Crippen molar-refractivity contribution in [1.82, 2.24) is 0 Å². The zero-order valence-electron chi connectivity index (χ0n) is 30.1. The molecule has 0 N–H and O–H groups in total. The molecule has 4 rings (SSSR count). The van der Waals surface area contributed by atoms with E-state index in [1.165, 1.54) is 50.5 Å². The Bertz CT molecular complexity index is 1100. The largest absolute Gasteiger partial charge is 0.494 e. The molecule has 0 spiro atoms. The lowest BCUT2D eigenvalue weighted by molar-refractivity contribution is -0.338. The summed E-state index contributed by atoms with van der Waals surface area (Å²) >= 11 is 0. The van der Waals surface area contributed by atoms with E-state index < -0.39 is 0 Å². The zero-order chi connectivity index (χ0) is 33.7. The van der Waals surface area contributed by atoms with Crippen molar-refractivity contribution in [3.8, 4) is 11.5 Å². The number of rotatable bonds is 23. The predicted molar refractivity (Wildman–Crippen MR) is 193 cm³/mol. The molecule has 0 bridgehead atoms. The van der Waals surface area contributed by atoms with Crippen molar-refractivity contribution in [3.63, 3.8) is 0 Å². The number of unbranched alkanes of at least 4 members (excludes halogenated alkanes) is 7. The molecule has 0 heterocycles. The van der Waals surface area contributed by atoms with Crippen LogP contribution in [-0.2, 0) is 32.3 Å². The Hall–Kier alpha value is -2.57. The van der Waals surface area contributed by atoms with E-state index in [-0.39, 0.29) is 18.2 Å². The summed E-state index contributed by atoms with van der Waals surface area (Å²) in [6, 6.07) is 16.8. The van der Waals surface area contributed by atoms with Crippen molar-refractivity contribution in [3.05, 3.63) is 59.7 Å². The fourth-order valence-corrected chi connectivity index (χ4v) is 7.25. The quantitative estimate of drug-likeness (QED) is 0.0510. The van der Waals surface area contributed by atoms with Crippen molar-refractivity contribution >= 4 is 5.97 Å². The summed E-state index contributed by atoms with van der Waals surface area (Å²) in [6.45, 7) is 6.36. The van der Waals surface area contributed by atoms with Gasteiger partial charge in [-0.2, -0.15) is 0 Å². The SMILES string of the molecule is CCCCCC(=O)OC1CCC(C2CCC(OOCc3ccc(OCCCCCCOc4ccc(CCCCC)cc4)cc3)CC2)CC1. The van der Waals surface area contributed by atoms with E-state index in [0.717, 1.165) is 119 Å². The summed E-state index contributed by atoms with van der Waals surface area (Å²) in [5.74, 6) is 3.41. The van der Waals surface area contributed by atoms with Crippen molar-refractivity contribution in [1.29, 1.82) is 0 Å². The van der Waals surface area contributed by atoms with Gasteiger partial charge in [0.1, 0.15) is 24.2 Å². The third-order valence-electron chi connectivity index (χ3n) is 10.3. The summed E-state index contributed by atoms with van der Waals surface area (Å²) in [5, 5.41) is 0. The maximum atomic E-state index is 12.1. The van der Waals surface area contributed by atoms with E-state index >= 15 is 0 Å². The predicted octanol–water partition coefficient (Wildman–Crippen LogP) is 11.1. The third kappa shape index (κ3) is 14.9. The van der Waals surface area contributed by atoms with Gasteiger partial charge in [-0.15, -0.1) is 0 Å². The average molecular weight is 665 g/mol. The monoisotopic (exact) mass is 664 g/mol. The Morgan fingerprint density at radius 2 is 1.10 bits per heavy atom. The molecule has 2 fully saturated rings. The summed E-state index contributed by atoms with van der Waals surface area (Å²) in [5.41, 5.74) is 2.49. The van der Waals surface area contributed by atoms with Gasteiger partial charge in [-0.3, -0.25) is 4.79 Å². The highest BCUT2D eigenvalue weighted by Crippen LogP contribution is 2.39. The van der Waals surface area contributed by atoms with Crippen LogP contribution in [0.15, 0.2) is 48.5 Å². The molecule has 0 amide bonds. The number of benzene rings is 2. The summed E-state index contributed by atoms with van der Waals surface area (Å²) in [6.07, 6.45) is 22.4. The van der Waals surface area contributed by atoms with Crippen molar-refractivity contribution < 1.29 is 28.8 Å². The summed E-state index contributed by atoms with van der Waals surface area (Å²) < 4.78 is 17.6. The highest BCUT2D eigenvalue weighted by atomic mass is 17.2. The Kier molecular flexibility index (Phi) is 18.3. The van der Waals surface area contributed by atoms with E-state index in [1.54, 1.807) is 0 Å². The van der Waals surface area contributed by atoms with Crippen LogP contribution in [0.25, 0.3) is 0 Å². The first-order valence-corrected chi connectivity index (χ1v) is 19.5. The second-order valence-electron chi connectivity index (χ2n) is 14.2. The van der Waals surface area contributed by atoms with E-state index in [1.807, 2.05) is 12.1 Å². The van der Waals surface area contributed by atoms with Gasteiger partial charge >= 0.3 is 5.97 Å². The molecule has 6 heteroatoms. The smallest absolute Gasteiger partial charge is 0.306 e. The van der Waals surface area contributed by atoms with Crippen LogP contribution in [0.5, 0.6) is 11.5 Å².